The summed E-state index contributed by atoms with van der Waals surface area (Å²) in [4.78, 5) is 0. The molecule has 0 amide bonds. The van der Waals surface area contributed by atoms with Gasteiger partial charge in [0.15, 0.2) is 21.3 Å². The summed E-state index contributed by atoms with van der Waals surface area (Å²) in [6.07, 6.45) is 3.94. The van der Waals surface area contributed by atoms with E-state index in [4.69, 9.17) is 33.6 Å². The second kappa shape index (κ2) is 15.0. The molecule has 8 rings (SSSR count). The smallest absolute Gasteiger partial charge is 0.263 e. The van der Waals surface area contributed by atoms with Crippen molar-refractivity contribution in [2.45, 2.75) is 72.1 Å². The molecule has 2 saturated heterocycles. The number of nitrogens with two attached hydrogens (primary N) is 1. The third kappa shape index (κ3) is 7.66. The lowest BCUT2D eigenvalue weighted by molar-refractivity contribution is -0.206. The Balaban J connectivity index is 0.000000208. The predicted molar refractivity (Wildman–Crippen MR) is 194 cm³/mol. The molecule has 292 valence electrons. The minimum atomic E-state index is -3.95. The van der Waals surface area contributed by atoms with E-state index in [0.29, 0.717) is 37.9 Å². The molecule has 2 N–H and O–H groups in total. The molecule has 0 bridgehead atoms. The molecule has 18 heteroatoms. The van der Waals surface area contributed by atoms with Crippen LogP contribution in [0.4, 0.5) is 0 Å². The van der Waals surface area contributed by atoms with E-state index in [2.05, 4.69) is 10.2 Å². The first-order valence-electron chi connectivity index (χ1n) is 17.6. The first kappa shape index (κ1) is 38.4. The van der Waals surface area contributed by atoms with E-state index < -0.39 is 31.2 Å². The summed E-state index contributed by atoms with van der Waals surface area (Å²) in [5.41, 5.74) is 1.93. The van der Waals surface area contributed by atoms with Gasteiger partial charge in [-0.15, -0.1) is 0 Å². The maximum Gasteiger partial charge on any atom is 0.263 e. The van der Waals surface area contributed by atoms with Crippen LogP contribution >= 0.6 is 0 Å². The number of hydrogen-bond donors (Lipinski definition) is 1. The number of nitrogens with zero attached hydrogens (tertiary/aromatic N) is 5. The fourth-order valence-electron chi connectivity index (χ4n) is 6.43. The van der Waals surface area contributed by atoms with Gasteiger partial charge in [0, 0.05) is 39.4 Å². The van der Waals surface area contributed by atoms with Crippen LogP contribution in [-0.2, 0) is 63.3 Å². The monoisotopic (exact) mass is 786 g/mol. The fourth-order valence-corrected chi connectivity index (χ4v) is 8.26. The molecule has 2 aliphatic heterocycles. The van der Waals surface area contributed by atoms with Gasteiger partial charge in [-0.2, -0.15) is 14.5 Å². The van der Waals surface area contributed by atoms with Crippen molar-refractivity contribution in [3.05, 3.63) is 83.2 Å². The summed E-state index contributed by atoms with van der Waals surface area (Å²) in [5, 5.41) is 13.8. The Hall–Kier alpha value is -3.88. The highest BCUT2D eigenvalue weighted by molar-refractivity contribution is 7.89. The molecule has 4 heterocycles. The second-order valence-corrected chi connectivity index (χ2v) is 17.4. The Morgan fingerprint density at radius 2 is 1.07 bits per heavy atom. The second-order valence-electron chi connectivity index (χ2n) is 14.0. The number of methoxy groups -OCH3 is 4. The highest BCUT2D eigenvalue weighted by Crippen LogP contribution is 2.43. The van der Waals surface area contributed by atoms with Crippen LogP contribution in [0.2, 0.25) is 0 Å². The molecule has 0 unspecified atom stereocenters. The van der Waals surface area contributed by atoms with Gasteiger partial charge in [-0.25, -0.2) is 22.0 Å². The quantitative estimate of drug-likeness (QED) is 0.186. The lowest BCUT2D eigenvalue weighted by Crippen LogP contribution is -2.49. The highest BCUT2D eigenvalue weighted by atomic mass is 32.2. The van der Waals surface area contributed by atoms with Gasteiger partial charge in [-0.3, -0.25) is 9.36 Å². The van der Waals surface area contributed by atoms with E-state index in [1.54, 1.807) is 39.2 Å². The average molecular weight is 787 g/mol. The van der Waals surface area contributed by atoms with Crippen molar-refractivity contribution in [1.29, 1.82) is 0 Å². The Labute approximate surface area is 315 Å². The van der Waals surface area contributed by atoms with Crippen molar-refractivity contribution in [2.75, 3.05) is 54.9 Å². The molecule has 2 aromatic heterocycles. The Kier molecular flexibility index (Phi) is 10.7. The van der Waals surface area contributed by atoms with E-state index in [1.807, 2.05) is 53.2 Å². The topological polar surface area (TPSA) is 189 Å². The van der Waals surface area contributed by atoms with E-state index in [9.17, 15) is 16.8 Å². The zero-order chi connectivity index (χ0) is 38.3. The number of primary sulfonamides is 1. The number of rotatable bonds is 15. The summed E-state index contributed by atoms with van der Waals surface area (Å²) >= 11 is 0. The van der Waals surface area contributed by atoms with Gasteiger partial charge in [0.25, 0.3) is 20.0 Å². The van der Waals surface area contributed by atoms with Crippen molar-refractivity contribution < 1.29 is 45.3 Å². The van der Waals surface area contributed by atoms with Crippen molar-refractivity contribution in [3.8, 4) is 11.5 Å². The average Bonchev–Trinajstić information content (AvgIpc) is 4.07. The lowest BCUT2D eigenvalue weighted by Gasteiger charge is -2.40. The summed E-state index contributed by atoms with van der Waals surface area (Å²) in [7, 11) is -1.32. The van der Waals surface area contributed by atoms with Gasteiger partial charge in [-0.1, -0.05) is 24.3 Å². The first-order chi connectivity index (χ1) is 25.8. The van der Waals surface area contributed by atoms with Gasteiger partial charge in [0.05, 0.1) is 64.1 Å². The van der Waals surface area contributed by atoms with Crippen LogP contribution in [0.1, 0.15) is 60.3 Å². The van der Waals surface area contributed by atoms with E-state index in [1.165, 1.54) is 10.4 Å². The van der Waals surface area contributed by atoms with Crippen LogP contribution in [0, 0.1) is 0 Å². The molecule has 2 aliphatic carbocycles. The first-order valence-corrected chi connectivity index (χ1v) is 20.6. The molecule has 4 aromatic rings. The largest absolute Gasteiger partial charge is 0.497 e. The van der Waals surface area contributed by atoms with Crippen molar-refractivity contribution >= 4 is 20.0 Å². The standard InChI is InChI=1S/C26H31N3O6S.C10H15N3O4S/c1-32-22-10-4-19(5-11-22)15-28(16-20-6-12-23(33-2)13-7-20)36(30,31)25-14-24(26(34-3)17-35-18-26)29(27-25)21-8-9-21;1-16-10(5-17-6-10)8-4-9(18(11,14)15)12-13(8)7-2-3-7/h4-7,10-14,21H,8-9,15-18H2,1-3H3;4,7H,2-3,5-6H2,1H3,(H2,11,14,15). The Morgan fingerprint density at radius 3 is 1.39 bits per heavy atom. The summed E-state index contributed by atoms with van der Waals surface area (Å²) in [6.45, 7) is 1.94. The summed E-state index contributed by atoms with van der Waals surface area (Å²) in [6, 6.07) is 18.4. The third-order valence-electron chi connectivity index (χ3n) is 10.2. The molecule has 4 fully saturated rings. The van der Waals surface area contributed by atoms with Gasteiger partial charge in [-0.05, 0) is 61.1 Å². The molecular formula is C36H46N6O10S2. The van der Waals surface area contributed by atoms with Crippen LogP contribution < -0.4 is 14.6 Å². The Morgan fingerprint density at radius 1 is 0.685 bits per heavy atom. The van der Waals surface area contributed by atoms with E-state index >= 15 is 0 Å². The minimum Gasteiger partial charge on any atom is -0.497 e. The van der Waals surface area contributed by atoms with Crippen LogP contribution in [-0.4, -0.2) is 95.6 Å². The normalized spacial score (nSPS) is 19.0. The van der Waals surface area contributed by atoms with Gasteiger partial charge in [0.2, 0.25) is 0 Å². The molecule has 0 spiro atoms. The van der Waals surface area contributed by atoms with Crippen molar-refractivity contribution in [2.24, 2.45) is 5.14 Å². The van der Waals surface area contributed by atoms with E-state index in [-0.39, 0.29) is 35.2 Å². The summed E-state index contributed by atoms with van der Waals surface area (Å²) < 4.78 is 88.3. The van der Waals surface area contributed by atoms with Gasteiger partial charge < -0.3 is 28.4 Å². The molecule has 2 aromatic carbocycles. The minimum absolute atomic E-state index is 0.0229. The number of aromatic nitrogens is 4. The molecule has 0 radical (unpaired) electrons. The maximum absolute atomic E-state index is 14.0. The number of hydrogen-bond acceptors (Lipinski definition) is 12. The zero-order valence-electron chi connectivity index (χ0n) is 30.7. The van der Waals surface area contributed by atoms with Crippen LogP contribution in [0.3, 0.4) is 0 Å². The molecule has 54 heavy (non-hydrogen) atoms. The zero-order valence-corrected chi connectivity index (χ0v) is 32.3. The summed E-state index contributed by atoms with van der Waals surface area (Å²) in [5.74, 6) is 1.42. The molecule has 4 aliphatic rings. The number of ether oxygens (including phenoxy) is 6. The highest BCUT2D eigenvalue weighted by Gasteiger charge is 2.48. The van der Waals surface area contributed by atoms with Crippen molar-refractivity contribution in [3.63, 3.8) is 0 Å². The maximum atomic E-state index is 14.0. The third-order valence-corrected chi connectivity index (χ3v) is 12.6. The van der Waals surface area contributed by atoms with Crippen LogP contribution in [0.5, 0.6) is 11.5 Å². The van der Waals surface area contributed by atoms with E-state index in [0.717, 1.165) is 48.2 Å². The Bertz CT molecular complexity index is 2090. The van der Waals surface area contributed by atoms with Crippen LogP contribution in [0.25, 0.3) is 0 Å². The van der Waals surface area contributed by atoms with Crippen molar-refractivity contribution in [1.82, 2.24) is 23.9 Å². The number of sulfonamides is 2. The molecular weight excluding hydrogens is 741 g/mol. The van der Waals surface area contributed by atoms with Crippen LogP contribution in [0.15, 0.2) is 70.7 Å². The molecule has 2 saturated carbocycles. The lowest BCUT2D eigenvalue weighted by atomic mass is 9.97. The van der Waals surface area contributed by atoms with Gasteiger partial charge >= 0.3 is 0 Å². The molecule has 0 atom stereocenters. The molecule has 16 nitrogen and oxygen atoms in total. The fraction of sp³-hybridized carbons (Fsp3) is 0.500. The SMILES string of the molecule is COC1(c2cc(S(N)(=O)=O)nn2C2CC2)COC1.COc1ccc(CN(Cc2ccc(OC)cc2)S(=O)(=O)c2cc(C3(OC)COC3)n(C3CC3)n2)cc1. The predicted octanol–water partition coefficient (Wildman–Crippen LogP) is 3.24. The number of benzene rings is 2. The van der Waals surface area contributed by atoms with Gasteiger partial charge in [0.1, 0.15) is 11.5 Å².